The van der Waals surface area contributed by atoms with Gasteiger partial charge in [0.2, 0.25) is 17.7 Å². The molecule has 0 aliphatic rings. The van der Waals surface area contributed by atoms with Crippen LogP contribution < -0.4 is 21.7 Å². The van der Waals surface area contributed by atoms with Crippen LogP contribution in [0.3, 0.4) is 0 Å². The van der Waals surface area contributed by atoms with Gasteiger partial charge in [-0.05, 0) is 5.56 Å². The van der Waals surface area contributed by atoms with Crippen molar-refractivity contribution in [3.05, 3.63) is 54.1 Å². The van der Waals surface area contributed by atoms with Crippen LogP contribution in [-0.2, 0) is 41.6 Å². The molecule has 0 bridgehead atoms. The van der Waals surface area contributed by atoms with Gasteiger partial charge in [-0.25, -0.2) is 9.78 Å². The molecule has 2 aromatic rings. The predicted octanol–water partition coefficient (Wildman–Crippen LogP) is -1.99. The molecule has 1 aromatic carbocycles. The number of carbonyl (C=O) groups is 6. The molecule has 4 atom stereocenters. The Labute approximate surface area is 215 Å². The van der Waals surface area contributed by atoms with E-state index in [4.69, 9.17) is 10.8 Å². The smallest absolute Gasteiger partial charge is 0.326 e. The molecule has 4 unspecified atom stereocenters. The van der Waals surface area contributed by atoms with Crippen molar-refractivity contribution in [1.29, 1.82) is 0 Å². The number of rotatable bonds is 15. The van der Waals surface area contributed by atoms with E-state index in [-0.39, 0.29) is 12.8 Å². The molecule has 9 N–H and O–H groups in total. The highest BCUT2D eigenvalue weighted by molar-refractivity contribution is 5.96. The van der Waals surface area contributed by atoms with Crippen molar-refractivity contribution < 1.29 is 44.1 Å². The number of hydrogen-bond donors (Lipinski definition) is 8. The van der Waals surface area contributed by atoms with Gasteiger partial charge in [0.1, 0.15) is 18.1 Å². The van der Waals surface area contributed by atoms with E-state index in [0.717, 1.165) is 0 Å². The lowest BCUT2D eigenvalue weighted by molar-refractivity contribution is -0.147. The molecule has 1 aromatic heterocycles. The zero-order valence-electron chi connectivity index (χ0n) is 20.0. The van der Waals surface area contributed by atoms with E-state index in [2.05, 4.69) is 25.9 Å². The summed E-state index contributed by atoms with van der Waals surface area (Å²) < 4.78 is 0. The summed E-state index contributed by atoms with van der Waals surface area (Å²) in [6.45, 7) is 0. The maximum absolute atomic E-state index is 13.0. The van der Waals surface area contributed by atoms with Crippen molar-refractivity contribution in [2.45, 2.75) is 49.9 Å². The standard InChI is InChI=1S/C23H28N6O9/c24-14(7-13-10-25-11-26-13)20(34)27-16(8-18(30)31)22(36)28-15(6-12-4-2-1-3-5-12)21(35)29-17(23(37)38)9-19(32)33/h1-5,10-11,14-17H,6-9,24H2,(H,25,26)(H,27,34)(H,28,36)(H,29,35)(H,30,31)(H,32,33)(H,37,38). The van der Waals surface area contributed by atoms with Crippen LogP contribution in [0.25, 0.3) is 0 Å². The summed E-state index contributed by atoms with van der Waals surface area (Å²) in [4.78, 5) is 78.8. The van der Waals surface area contributed by atoms with Crippen LogP contribution in [0.15, 0.2) is 42.9 Å². The number of imidazole rings is 1. The Morgan fingerprint density at radius 3 is 1.89 bits per heavy atom. The van der Waals surface area contributed by atoms with Crippen LogP contribution in [0.2, 0.25) is 0 Å². The van der Waals surface area contributed by atoms with E-state index in [9.17, 15) is 39.0 Å². The van der Waals surface area contributed by atoms with Gasteiger partial charge in [0.15, 0.2) is 0 Å². The largest absolute Gasteiger partial charge is 0.481 e. The number of amides is 3. The van der Waals surface area contributed by atoms with E-state index in [1.165, 1.54) is 12.5 Å². The van der Waals surface area contributed by atoms with E-state index in [1.54, 1.807) is 30.3 Å². The average Bonchev–Trinajstić information content (AvgIpc) is 3.35. The first-order valence-electron chi connectivity index (χ1n) is 11.3. The second kappa shape index (κ2) is 14.1. The molecular formula is C23H28N6O9. The van der Waals surface area contributed by atoms with Crippen molar-refractivity contribution in [3.63, 3.8) is 0 Å². The Kier molecular flexibility index (Phi) is 10.9. The molecule has 1 heterocycles. The lowest BCUT2D eigenvalue weighted by atomic mass is 10.0. The van der Waals surface area contributed by atoms with Gasteiger partial charge in [-0.2, -0.15) is 0 Å². The summed E-state index contributed by atoms with van der Waals surface area (Å²) in [6, 6.07) is 2.26. The number of nitrogens with zero attached hydrogens (tertiary/aromatic N) is 1. The Morgan fingerprint density at radius 1 is 0.789 bits per heavy atom. The predicted molar refractivity (Wildman–Crippen MR) is 128 cm³/mol. The maximum atomic E-state index is 13.0. The van der Waals surface area contributed by atoms with E-state index in [1.807, 2.05) is 0 Å². The minimum Gasteiger partial charge on any atom is -0.481 e. The Bertz CT molecular complexity index is 1140. The second-order valence-corrected chi connectivity index (χ2v) is 8.29. The lowest BCUT2D eigenvalue weighted by Crippen LogP contribution is -2.58. The molecule has 15 heteroatoms. The molecule has 0 radical (unpaired) electrons. The SMILES string of the molecule is NC(Cc1cnc[nH]1)C(=O)NC(CC(=O)O)C(=O)NC(Cc1ccccc1)C(=O)NC(CC(=O)O)C(=O)O. The van der Waals surface area contributed by atoms with Gasteiger partial charge in [-0.15, -0.1) is 0 Å². The first kappa shape index (κ1) is 29.4. The first-order chi connectivity index (χ1) is 18.0. The van der Waals surface area contributed by atoms with Gasteiger partial charge in [0, 0.05) is 24.7 Å². The van der Waals surface area contributed by atoms with E-state index < -0.39 is 72.6 Å². The fraction of sp³-hybridized carbons (Fsp3) is 0.348. The van der Waals surface area contributed by atoms with Crippen molar-refractivity contribution in [2.24, 2.45) is 5.73 Å². The van der Waals surface area contributed by atoms with Crippen LogP contribution in [-0.4, -0.2) is 85.1 Å². The molecule has 3 amide bonds. The number of hydrogen-bond acceptors (Lipinski definition) is 8. The molecule has 38 heavy (non-hydrogen) atoms. The summed E-state index contributed by atoms with van der Waals surface area (Å²) in [5.74, 6) is -7.41. The van der Waals surface area contributed by atoms with E-state index >= 15 is 0 Å². The molecule has 0 saturated heterocycles. The average molecular weight is 533 g/mol. The van der Waals surface area contributed by atoms with Crippen molar-refractivity contribution in [2.75, 3.05) is 0 Å². The number of carboxylic acid groups (broad SMARTS) is 3. The van der Waals surface area contributed by atoms with E-state index in [0.29, 0.717) is 11.3 Å². The third-order valence-corrected chi connectivity index (χ3v) is 5.25. The number of nitrogens with one attached hydrogen (secondary N) is 4. The van der Waals surface area contributed by atoms with Gasteiger partial charge in [0.25, 0.3) is 0 Å². The van der Waals surface area contributed by atoms with Gasteiger partial charge < -0.3 is 42.0 Å². The Hall–Kier alpha value is -4.79. The van der Waals surface area contributed by atoms with Gasteiger partial charge in [-0.3, -0.25) is 24.0 Å². The van der Waals surface area contributed by atoms with Crippen LogP contribution in [0.1, 0.15) is 24.1 Å². The molecule has 0 aliphatic carbocycles. The number of aromatic amines is 1. The topological polar surface area (TPSA) is 254 Å². The quantitative estimate of drug-likeness (QED) is 0.125. The normalized spacial score (nSPS) is 13.8. The number of aromatic nitrogens is 2. The zero-order chi connectivity index (χ0) is 28.2. The zero-order valence-corrected chi connectivity index (χ0v) is 20.0. The summed E-state index contributed by atoms with van der Waals surface area (Å²) in [5.41, 5.74) is 6.94. The molecule has 0 fully saturated rings. The number of H-pyrrole nitrogens is 1. The minimum absolute atomic E-state index is 0.0203. The minimum atomic E-state index is -1.79. The van der Waals surface area contributed by atoms with Gasteiger partial charge in [0.05, 0.1) is 25.2 Å². The van der Waals surface area contributed by atoms with Gasteiger partial charge in [-0.1, -0.05) is 30.3 Å². The highest BCUT2D eigenvalue weighted by atomic mass is 16.4. The number of benzene rings is 1. The van der Waals surface area contributed by atoms with Crippen molar-refractivity contribution >= 4 is 35.6 Å². The summed E-state index contributed by atoms with van der Waals surface area (Å²) in [6.07, 6.45) is 0.932. The van der Waals surface area contributed by atoms with Crippen molar-refractivity contribution in [3.8, 4) is 0 Å². The molecule has 2 rings (SSSR count). The van der Waals surface area contributed by atoms with Crippen molar-refractivity contribution in [1.82, 2.24) is 25.9 Å². The van der Waals surface area contributed by atoms with Gasteiger partial charge >= 0.3 is 17.9 Å². The molecule has 0 spiro atoms. The molecular weight excluding hydrogens is 504 g/mol. The first-order valence-corrected chi connectivity index (χ1v) is 11.3. The second-order valence-electron chi connectivity index (χ2n) is 8.29. The third-order valence-electron chi connectivity index (χ3n) is 5.25. The fourth-order valence-corrected chi connectivity index (χ4v) is 3.37. The molecule has 0 aliphatic heterocycles. The lowest BCUT2D eigenvalue weighted by Gasteiger charge is -2.24. The fourth-order valence-electron chi connectivity index (χ4n) is 3.37. The third kappa shape index (κ3) is 9.69. The highest BCUT2D eigenvalue weighted by Crippen LogP contribution is 2.07. The summed E-state index contributed by atoms with van der Waals surface area (Å²) in [7, 11) is 0. The monoisotopic (exact) mass is 532 g/mol. The van der Waals surface area contributed by atoms with Crippen LogP contribution in [0, 0.1) is 0 Å². The number of nitrogens with two attached hydrogens (primary N) is 1. The molecule has 204 valence electrons. The molecule has 0 saturated carbocycles. The summed E-state index contributed by atoms with van der Waals surface area (Å²) in [5, 5.41) is 34.1. The Morgan fingerprint density at radius 2 is 1.34 bits per heavy atom. The summed E-state index contributed by atoms with van der Waals surface area (Å²) >= 11 is 0. The number of aliphatic carboxylic acids is 3. The van der Waals surface area contributed by atoms with Crippen LogP contribution >= 0.6 is 0 Å². The number of carbonyl (C=O) groups excluding carboxylic acids is 3. The number of carboxylic acids is 3. The van der Waals surface area contributed by atoms with Crippen LogP contribution in [0.4, 0.5) is 0 Å². The Balaban J connectivity index is 2.20. The maximum Gasteiger partial charge on any atom is 0.326 e. The van der Waals surface area contributed by atoms with Crippen LogP contribution in [0.5, 0.6) is 0 Å². The highest BCUT2D eigenvalue weighted by Gasteiger charge is 2.32. The molecule has 15 nitrogen and oxygen atoms in total.